The summed E-state index contributed by atoms with van der Waals surface area (Å²) in [6.45, 7) is 5.12. The number of nitriles is 1. The fourth-order valence-electron chi connectivity index (χ4n) is 1.74. The first-order valence-corrected chi connectivity index (χ1v) is 6.52. The van der Waals surface area contributed by atoms with Crippen LogP contribution in [0, 0.1) is 18.3 Å². The van der Waals surface area contributed by atoms with E-state index in [1.807, 2.05) is 44.2 Å². The third kappa shape index (κ3) is 5.01. The van der Waals surface area contributed by atoms with Crippen molar-refractivity contribution in [1.29, 1.82) is 5.26 Å². The Labute approximate surface area is 114 Å². The van der Waals surface area contributed by atoms with E-state index < -0.39 is 0 Å². The molecule has 0 radical (unpaired) electrons. The van der Waals surface area contributed by atoms with Crippen LogP contribution in [0.2, 0.25) is 0 Å². The number of ether oxygens (including phenoxy) is 1. The number of hydrogen-bond acceptors (Lipinski definition) is 3. The number of aryl methyl sites for hydroxylation is 1. The van der Waals surface area contributed by atoms with Crippen LogP contribution < -0.4 is 4.74 Å². The van der Waals surface area contributed by atoms with E-state index in [4.69, 9.17) is 10.00 Å². The summed E-state index contributed by atoms with van der Waals surface area (Å²) in [5, 5.41) is 8.60. The molecule has 4 nitrogen and oxygen atoms in total. The highest BCUT2D eigenvalue weighted by Crippen LogP contribution is 2.16. The van der Waals surface area contributed by atoms with Gasteiger partial charge < -0.3 is 9.64 Å². The van der Waals surface area contributed by atoms with Crippen molar-refractivity contribution in [2.75, 3.05) is 19.7 Å². The first kappa shape index (κ1) is 15.0. The van der Waals surface area contributed by atoms with Crippen LogP contribution in [0.5, 0.6) is 5.75 Å². The largest absolute Gasteiger partial charge is 0.493 e. The quantitative estimate of drug-likeness (QED) is 0.559. The van der Waals surface area contributed by atoms with Gasteiger partial charge in [-0.05, 0) is 31.9 Å². The summed E-state index contributed by atoms with van der Waals surface area (Å²) in [5.41, 5.74) is 1.09. The van der Waals surface area contributed by atoms with Gasteiger partial charge in [0.25, 0.3) is 0 Å². The summed E-state index contributed by atoms with van der Waals surface area (Å²) in [7, 11) is 0. The molecule has 0 unspecified atom stereocenters. The third-order valence-corrected chi connectivity index (χ3v) is 2.88. The minimum atomic E-state index is 0.0115. The van der Waals surface area contributed by atoms with E-state index in [9.17, 15) is 4.79 Å². The molecule has 4 heteroatoms. The number of hydrogen-bond donors (Lipinski definition) is 0. The van der Waals surface area contributed by atoms with Crippen molar-refractivity contribution in [3.05, 3.63) is 29.8 Å². The maximum Gasteiger partial charge on any atom is 0.223 e. The lowest BCUT2D eigenvalue weighted by atomic mass is 10.2. The highest BCUT2D eigenvalue weighted by atomic mass is 16.5. The lowest BCUT2D eigenvalue weighted by Gasteiger charge is -2.17. The minimum Gasteiger partial charge on any atom is -0.493 e. The molecule has 0 aromatic heterocycles. The van der Waals surface area contributed by atoms with Gasteiger partial charge in [0.2, 0.25) is 5.91 Å². The zero-order chi connectivity index (χ0) is 14.1. The van der Waals surface area contributed by atoms with Gasteiger partial charge in [-0.3, -0.25) is 4.79 Å². The minimum absolute atomic E-state index is 0.0115. The van der Waals surface area contributed by atoms with Crippen molar-refractivity contribution in [1.82, 2.24) is 4.90 Å². The van der Waals surface area contributed by atoms with E-state index in [1.165, 1.54) is 0 Å². The third-order valence-electron chi connectivity index (χ3n) is 2.88. The smallest absolute Gasteiger partial charge is 0.223 e. The second-order valence-corrected chi connectivity index (χ2v) is 4.28. The average molecular weight is 260 g/mol. The molecule has 0 spiro atoms. The Hall–Kier alpha value is -2.02. The second-order valence-electron chi connectivity index (χ2n) is 4.28. The molecule has 0 saturated carbocycles. The normalized spacial score (nSPS) is 9.74. The lowest BCUT2D eigenvalue weighted by molar-refractivity contribution is -0.130. The van der Waals surface area contributed by atoms with E-state index >= 15 is 0 Å². The van der Waals surface area contributed by atoms with E-state index in [-0.39, 0.29) is 12.5 Å². The van der Waals surface area contributed by atoms with Crippen molar-refractivity contribution < 1.29 is 9.53 Å². The van der Waals surface area contributed by atoms with E-state index in [1.54, 1.807) is 4.90 Å². The Morgan fingerprint density at radius 1 is 1.42 bits per heavy atom. The van der Waals surface area contributed by atoms with Gasteiger partial charge in [-0.2, -0.15) is 5.26 Å². The first-order chi connectivity index (χ1) is 9.19. The fraction of sp³-hybridized carbons (Fsp3) is 0.467. The van der Waals surface area contributed by atoms with Gasteiger partial charge in [0.15, 0.2) is 0 Å². The molecule has 0 aliphatic heterocycles. The van der Waals surface area contributed by atoms with Crippen LogP contribution in [0.1, 0.15) is 25.3 Å². The molecule has 0 saturated heterocycles. The number of benzene rings is 1. The number of rotatable bonds is 7. The number of carbonyl (C=O) groups is 1. The highest BCUT2D eigenvalue weighted by molar-refractivity contribution is 5.76. The van der Waals surface area contributed by atoms with Gasteiger partial charge in [0.05, 0.1) is 12.7 Å². The predicted octanol–water partition coefficient (Wildman–Crippen LogP) is 2.53. The van der Waals surface area contributed by atoms with E-state index in [0.717, 1.165) is 11.3 Å². The molecule has 0 aliphatic rings. The molecular weight excluding hydrogens is 240 g/mol. The van der Waals surface area contributed by atoms with Gasteiger partial charge in [0, 0.05) is 13.0 Å². The summed E-state index contributed by atoms with van der Waals surface area (Å²) in [5.74, 6) is 0.872. The Balaban J connectivity index is 2.29. The highest BCUT2D eigenvalue weighted by Gasteiger charge is 2.10. The zero-order valence-corrected chi connectivity index (χ0v) is 11.6. The number of amides is 1. The summed E-state index contributed by atoms with van der Waals surface area (Å²) in [4.78, 5) is 13.3. The fourth-order valence-corrected chi connectivity index (χ4v) is 1.74. The Bertz CT molecular complexity index is 452. The van der Waals surface area contributed by atoms with E-state index in [0.29, 0.717) is 26.0 Å². The van der Waals surface area contributed by atoms with Crippen molar-refractivity contribution in [3.8, 4) is 11.8 Å². The Kier molecular flexibility index (Phi) is 6.45. The van der Waals surface area contributed by atoms with Crippen LogP contribution in [-0.2, 0) is 4.79 Å². The van der Waals surface area contributed by atoms with Crippen molar-refractivity contribution in [2.24, 2.45) is 0 Å². The van der Waals surface area contributed by atoms with Gasteiger partial charge in [-0.1, -0.05) is 18.2 Å². The number of nitrogens with zero attached hydrogens (tertiary/aromatic N) is 2. The molecule has 1 amide bonds. The zero-order valence-electron chi connectivity index (χ0n) is 11.6. The van der Waals surface area contributed by atoms with Gasteiger partial charge in [-0.25, -0.2) is 0 Å². The van der Waals surface area contributed by atoms with Gasteiger partial charge >= 0.3 is 0 Å². The van der Waals surface area contributed by atoms with Crippen LogP contribution >= 0.6 is 0 Å². The van der Waals surface area contributed by atoms with Crippen LogP contribution in [-0.4, -0.2) is 30.5 Å². The molecule has 0 aliphatic carbocycles. The van der Waals surface area contributed by atoms with E-state index in [2.05, 4.69) is 0 Å². The summed E-state index contributed by atoms with van der Waals surface area (Å²) >= 11 is 0. The van der Waals surface area contributed by atoms with Crippen molar-refractivity contribution in [2.45, 2.75) is 26.7 Å². The van der Waals surface area contributed by atoms with Gasteiger partial charge in [0.1, 0.15) is 12.3 Å². The summed E-state index contributed by atoms with van der Waals surface area (Å²) < 4.78 is 5.62. The molecule has 0 atom stereocenters. The first-order valence-electron chi connectivity index (χ1n) is 6.52. The lowest BCUT2D eigenvalue weighted by Crippen LogP contribution is -2.31. The van der Waals surface area contributed by atoms with Crippen LogP contribution in [0.15, 0.2) is 24.3 Å². The van der Waals surface area contributed by atoms with Crippen LogP contribution in [0.3, 0.4) is 0 Å². The Morgan fingerprint density at radius 3 is 2.79 bits per heavy atom. The van der Waals surface area contributed by atoms with Crippen LogP contribution in [0.25, 0.3) is 0 Å². The molecule has 1 rings (SSSR count). The van der Waals surface area contributed by atoms with Crippen molar-refractivity contribution in [3.63, 3.8) is 0 Å². The summed E-state index contributed by atoms with van der Waals surface area (Å²) in [6, 6.07) is 9.81. The second kappa shape index (κ2) is 8.15. The molecule has 0 N–H and O–H groups in total. The number of para-hydroxylation sites is 1. The SMILES string of the molecule is CCN(CC#N)C(=O)CCCOc1ccccc1C. The van der Waals surface area contributed by atoms with Crippen LogP contribution in [0.4, 0.5) is 0 Å². The maximum atomic E-state index is 11.8. The monoisotopic (exact) mass is 260 g/mol. The van der Waals surface area contributed by atoms with Crippen molar-refractivity contribution >= 4 is 5.91 Å². The molecule has 0 fully saturated rings. The molecule has 19 heavy (non-hydrogen) atoms. The molecule has 0 bridgehead atoms. The Morgan fingerprint density at radius 2 is 2.16 bits per heavy atom. The summed E-state index contributed by atoms with van der Waals surface area (Å²) in [6.07, 6.45) is 1.08. The average Bonchev–Trinajstić information content (AvgIpc) is 2.42. The molecule has 1 aromatic carbocycles. The topological polar surface area (TPSA) is 53.3 Å². The standard InChI is InChI=1S/C15H20N2O2/c1-3-17(11-10-16)15(18)9-6-12-19-14-8-5-4-7-13(14)2/h4-5,7-8H,3,6,9,11-12H2,1-2H3. The van der Waals surface area contributed by atoms with Gasteiger partial charge in [-0.15, -0.1) is 0 Å². The molecule has 1 aromatic rings. The molecule has 102 valence electrons. The maximum absolute atomic E-state index is 11.8. The number of carbonyl (C=O) groups excluding carboxylic acids is 1. The predicted molar refractivity (Wildman–Crippen MR) is 73.8 cm³/mol. The molecular formula is C15H20N2O2. The molecule has 0 heterocycles.